The average Bonchev–Trinajstić information content (AvgIpc) is 3.38. The van der Waals surface area contributed by atoms with Crippen LogP contribution in [0.15, 0.2) is 53.1 Å². The second kappa shape index (κ2) is 6.72. The molecule has 4 aromatic rings. The molecule has 4 heterocycles. The smallest absolute Gasteiger partial charge is 0.256 e. The third-order valence-corrected chi connectivity index (χ3v) is 5.12. The first-order valence-corrected chi connectivity index (χ1v) is 9.38. The maximum absolute atomic E-state index is 6.20. The van der Waals surface area contributed by atoms with Crippen molar-refractivity contribution in [2.24, 2.45) is 0 Å². The fraction of sp³-hybridized carbons (Fsp3) is 0.211. The number of hydrogen-bond donors (Lipinski definition) is 1. The number of nitrogen functional groups attached to an aromatic ring is 1. The number of piperazine rings is 1. The van der Waals surface area contributed by atoms with Crippen molar-refractivity contribution in [2.45, 2.75) is 0 Å². The van der Waals surface area contributed by atoms with Crippen molar-refractivity contribution < 1.29 is 4.42 Å². The average molecular weight is 396 g/mol. The number of fused-ring (bicyclic) bond motifs is 1. The van der Waals surface area contributed by atoms with E-state index in [1.165, 1.54) is 10.2 Å². The number of aromatic nitrogens is 4. The van der Waals surface area contributed by atoms with E-state index in [0.29, 0.717) is 23.2 Å². The molecule has 0 unspecified atom stereocenters. The van der Waals surface area contributed by atoms with Gasteiger partial charge in [0.1, 0.15) is 11.6 Å². The van der Waals surface area contributed by atoms with E-state index in [2.05, 4.69) is 24.9 Å². The minimum absolute atomic E-state index is 0.460. The Morgan fingerprint density at radius 3 is 2.43 bits per heavy atom. The Labute approximate surface area is 166 Å². The number of nitrogens with zero attached hydrogens (tertiary/aromatic N) is 6. The van der Waals surface area contributed by atoms with Crippen LogP contribution in [0, 0.1) is 0 Å². The van der Waals surface area contributed by atoms with E-state index < -0.39 is 0 Å². The quantitative estimate of drug-likeness (QED) is 0.570. The second-order valence-electron chi connectivity index (χ2n) is 6.61. The first-order chi connectivity index (χ1) is 13.7. The fourth-order valence-corrected chi connectivity index (χ4v) is 3.52. The van der Waals surface area contributed by atoms with Crippen molar-refractivity contribution in [1.82, 2.24) is 19.6 Å². The number of furan rings is 1. The van der Waals surface area contributed by atoms with E-state index in [1.807, 2.05) is 36.4 Å². The Balaban J connectivity index is 1.37. The molecule has 1 aliphatic rings. The molecular formula is C19H18ClN7O. The van der Waals surface area contributed by atoms with Gasteiger partial charge in [-0.05, 0) is 36.4 Å². The van der Waals surface area contributed by atoms with Gasteiger partial charge in [0, 0.05) is 43.0 Å². The number of hydrogen-bond acceptors (Lipinski definition) is 7. The van der Waals surface area contributed by atoms with E-state index in [0.717, 1.165) is 37.0 Å². The first-order valence-electron chi connectivity index (χ1n) is 9.00. The Hall–Kier alpha value is -3.26. The molecule has 0 amide bonds. The van der Waals surface area contributed by atoms with Crippen molar-refractivity contribution in [3.8, 4) is 11.6 Å². The third-order valence-electron chi connectivity index (χ3n) is 4.86. The van der Waals surface area contributed by atoms with Crippen molar-refractivity contribution in [2.75, 3.05) is 41.7 Å². The van der Waals surface area contributed by atoms with Gasteiger partial charge in [0.25, 0.3) is 5.78 Å². The van der Waals surface area contributed by atoms with Crippen LogP contribution in [0.5, 0.6) is 0 Å². The zero-order chi connectivity index (χ0) is 19.1. The lowest BCUT2D eigenvalue weighted by atomic mass is 10.2. The largest absolute Gasteiger partial charge is 0.461 e. The van der Waals surface area contributed by atoms with Gasteiger partial charge in [-0.15, -0.1) is 5.10 Å². The van der Waals surface area contributed by atoms with E-state index in [4.69, 9.17) is 21.8 Å². The number of rotatable bonds is 3. The number of halogens is 1. The van der Waals surface area contributed by atoms with E-state index >= 15 is 0 Å². The highest BCUT2D eigenvalue weighted by Gasteiger charge is 2.20. The highest BCUT2D eigenvalue weighted by Crippen LogP contribution is 2.24. The standard InChI is InChI=1S/C19H18ClN7O/c20-13-3-5-14(6-4-13)25-7-9-26(10-8-25)17-12-16(21)27-19(22-17)23-18(24-27)15-2-1-11-28-15/h1-6,11-12H,7-10,21H2. The number of benzene rings is 1. The summed E-state index contributed by atoms with van der Waals surface area (Å²) in [4.78, 5) is 13.7. The Kier molecular flexibility index (Phi) is 4.05. The Morgan fingerprint density at radius 2 is 1.71 bits per heavy atom. The number of anilines is 3. The molecule has 0 spiro atoms. The zero-order valence-electron chi connectivity index (χ0n) is 15.0. The molecule has 2 N–H and O–H groups in total. The van der Waals surface area contributed by atoms with Crippen molar-refractivity contribution >= 4 is 34.7 Å². The molecule has 0 atom stereocenters. The van der Waals surface area contributed by atoms with Gasteiger partial charge in [0.15, 0.2) is 5.76 Å². The lowest BCUT2D eigenvalue weighted by molar-refractivity contribution is 0.577. The molecule has 9 heteroatoms. The molecule has 28 heavy (non-hydrogen) atoms. The lowest BCUT2D eigenvalue weighted by Gasteiger charge is -2.36. The molecule has 0 bridgehead atoms. The van der Waals surface area contributed by atoms with Crippen molar-refractivity contribution in [3.63, 3.8) is 0 Å². The highest BCUT2D eigenvalue weighted by atomic mass is 35.5. The van der Waals surface area contributed by atoms with Gasteiger partial charge in [-0.25, -0.2) is 0 Å². The van der Waals surface area contributed by atoms with Crippen molar-refractivity contribution in [3.05, 3.63) is 53.8 Å². The summed E-state index contributed by atoms with van der Waals surface area (Å²) >= 11 is 5.98. The summed E-state index contributed by atoms with van der Waals surface area (Å²) < 4.78 is 6.90. The summed E-state index contributed by atoms with van der Waals surface area (Å²) in [7, 11) is 0. The normalized spacial score (nSPS) is 14.8. The molecule has 5 rings (SSSR count). The SMILES string of the molecule is Nc1cc(N2CCN(c3ccc(Cl)cc3)CC2)nc2nc(-c3ccco3)nn12. The Morgan fingerprint density at radius 1 is 0.964 bits per heavy atom. The summed E-state index contributed by atoms with van der Waals surface area (Å²) in [6.07, 6.45) is 1.59. The third kappa shape index (κ3) is 3.01. The molecule has 1 saturated heterocycles. The molecule has 1 fully saturated rings. The molecule has 0 radical (unpaired) electrons. The van der Waals surface area contributed by atoms with E-state index in [-0.39, 0.29) is 0 Å². The number of nitrogens with two attached hydrogens (primary N) is 1. The van der Waals surface area contributed by atoms with Crippen LogP contribution in [-0.4, -0.2) is 45.8 Å². The molecule has 8 nitrogen and oxygen atoms in total. The summed E-state index contributed by atoms with van der Waals surface area (Å²) in [6.45, 7) is 3.45. The van der Waals surface area contributed by atoms with Crippen LogP contribution in [0.2, 0.25) is 5.02 Å². The molecule has 0 aliphatic carbocycles. The molecular weight excluding hydrogens is 378 g/mol. The van der Waals surface area contributed by atoms with Gasteiger partial charge in [0.2, 0.25) is 5.82 Å². The molecule has 1 aliphatic heterocycles. The minimum Gasteiger partial charge on any atom is -0.461 e. The molecule has 0 saturated carbocycles. The fourth-order valence-electron chi connectivity index (χ4n) is 3.40. The van der Waals surface area contributed by atoms with Gasteiger partial charge in [0.05, 0.1) is 6.26 Å². The molecule has 3 aromatic heterocycles. The van der Waals surface area contributed by atoms with Crippen LogP contribution >= 0.6 is 11.6 Å². The molecule has 142 valence electrons. The predicted molar refractivity (Wildman–Crippen MR) is 109 cm³/mol. The minimum atomic E-state index is 0.460. The summed E-state index contributed by atoms with van der Waals surface area (Å²) in [6, 6.07) is 13.4. The summed E-state index contributed by atoms with van der Waals surface area (Å²) in [5.41, 5.74) is 7.38. The maximum Gasteiger partial charge on any atom is 0.256 e. The van der Waals surface area contributed by atoms with Crippen LogP contribution in [0.25, 0.3) is 17.4 Å². The first kappa shape index (κ1) is 16.9. The topological polar surface area (TPSA) is 88.7 Å². The highest BCUT2D eigenvalue weighted by molar-refractivity contribution is 6.30. The van der Waals surface area contributed by atoms with E-state index in [9.17, 15) is 0 Å². The lowest BCUT2D eigenvalue weighted by Crippen LogP contribution is -2.46. The van der Waals surface area contributed by atoms with E-state index in [1.54, 1.807) is 12.3 Å². The Bertz CT molecular complexity index is 1100. The van der Waals surface area contributed by atoms with Gasteiger partial charge in [-0.1, -0.05) is 11.6 Å². The van der Waals surface area contributed by atoms with Gasteiger partial charge in [-0.2, -0.15) is 14.5 Å². The van der Waals surface area contributed by atoms with Crippen LogP contribution < -0.4 is 15.5 Å². The maximum atomic E-state index is 6.20. The van der Waals surface area contributed by atoms with Crippen LogP contribution in [-0.2, 0) is 0 Å². The van der Waals surface area contributed by atoms with Crippen LogP contribution in [0.3, 0.4) is 0 Å². The van der Waals surface area contributed by atoms with Gasteiger partial charge in [-0.3, -0.25) is 0 Å². The molecule has 1 aromatic carbocycles. The zero-order valence-corrected chi connectivity index (χ0v) is 15.8. The van der Waals surface area contributed by atoms with Crippen molar-refractivity contribution in [1.29, 1.82) is 0 Å². The summed E-state index contributed by atoms with van der Waals surface area (Å²) in [5.74, 6) is 2.81. The van der Waals surface area contributed by atoms with Gasteiger partial charge >= 0.3 is 0 Å². The van der Waals surface area contributed by atoms with Gasteiger partial charge < -0.3 is 20.0 Å². The van der Waals surface area contributed by atoms with Crippen LogP contribution in [0.1, 0.15) is 0 Å². The van der Waals surface area contributed by atoms with Crippen LogP contribution in [0.4, 0.5) is 17.3 Å². The monoisotopic (exact) mass is 395 g/mol. The summed E-state index contributed by atoms with van der Waals surface area (Å²) in [5, 5.41) is 5.13. The second-order valence-corrected chi connectivity index (χ2v) is 7.05. The predicted octanol–water partition coefficient (Wildman–Crippen LogP) is 2.95.